The number of hydrogen-bond acceptors (Lipinski definition) is 2. The van der Waals surface area contributed by atoms with Gasteiger partial charge in [-0.05, 0) is 30.5 Å². The van der Waals surface area contributed by atoms with Gasteiger partial charge in [0.1, 0.15) is 5.82 Å². The maximum atomic E-state index is 13.0. The molecule has 2 amide bonds. The van der Waals surface area contributed by atoms with Crippen LogP contribution in [0.3, 0.4) is 0 Å². The topological polar surface area (TPSA) is 58.2 Å². The SMILES string of the molecule is O=C(Cc1cccc(F)c1)NCC1CCCCC(=O)N1. The van der Waals surface area contributed by atoms with E-state index in [-0.39, 0.29) is 30.1 Å². The molecule has 1 aliphatic heterocycles. The van der Waals surface area contributed by atoms with Crippen LogP contribution < -0.4 is 10.6 Å². The smallest absolute Gasteiger partial charge is 0.224 e. The standard InChI is InChI=1S/C15H19FN2O2/c16-12-5-3-4-11(8-12)9-15(20)17-10-13-6-1-2-7-14(19)18-13/h3-5,8,13H,1-2,6-7,9-10H2,(H,17,20)(H,18,19). The van der Waals surface area contributed by atoms with Gasteiger partial charge in [-0.3, -0.25) is 9.59 Å². The summed E-state index contributed by atoms with van der Waals surface area (Å²) in [7, 11) is 0. The molecule has 2 rings (SSSR count). The number of hydrogen-bond donors (Lipinski definition) is 2. The Hall–Kier alpha value is -1.91. The van der Waals surface area contributed by atoms with Gasteiger partial charge in [0.15, 0.2) is 0 Å². The molecule has 0 aliphatic carbocycles. The van der Waals surface area contributed by atoms with E-state index in [9.17, 15) is 14.0 Å². The first-order valence-electron chi connectivity index (χ1n) is 6.94. The summed E-state index contributed by atoms with van der Waals surface area (Å²) in [4.78, 5) is 23.2. The van der Waals surface area contributed by atoms with Crippen molar-refractivity contribution in [3.63, 3.8) is 0 Å². The van der Waals surface area contributed by atoms with Crippen LogP contribution in [0.4, 0.5) is 4.39 Å². The van der Waals surface area contributed by atoms with Gasteiger partial charge >= 0.3 is 0 Å². The Labute approximate surface area is 117 Å². The van der Waals surface area contributed by atoms with Crippen LogP contribution in [-0.4, -0.2) is 24.4 Å². The Morgan fingerprint density at radius 3 is 3.05 bits per heavy atom. The van der Waals surface area contributed by atoms with Crippen LogP contribution >= 0.6 is 0 Å². The lowest BCUT2D eigenvalue weighted by molar-refractivity contribution is -0.123. The normalized spacial score (nSPS) is 19.1. The van der Waals surface area contributed by atoms with Crippen LogP contribution in [0.5, 0.6) is 0 Å². The summed E-state index contributed by atoms with van der Waals surface area (Å²) in [6, 6.07) is 6.01. The lowest BCUT2D eigenvalue weighted by atomic mass is 10.1. The van der Waals surface area contributed by atoms with E-state index < -0.39 is 0 Å². The van der Waals surface area contributed by atoms with Crippen LogP contribution in [0.25, 0.3) is 0 Å². The van der Waals surface area contributed by atoms with Crippen molar-refractivity contribution in [1.29, 1.82) is 0 Å². The van der Waals surface area contributed by atoms with Gasteiger partial charge in [0, 0.05) is 19.0 Å². The summed E-state index contributed by atoms with van der Waals surface area (Å²) in [6.07, 6.45) is 3.49. The fourth-order valence-corrected chi connectivity index (χ4v) is 2.33. The summed E-state index contributed by atoms with van der Waals surface area (Å²) in [5.41, 5.74) is 0.646. The number of benzene rings is 1. The zero-order chi connectivity index (χ0) is 14.4. The van der Waals surface area contributed by atoms with Crippen molar-refractivity contribution in [1.82, 2.24) is 10.6 Å². The van der Waals surface area contributed by atoms with Crippen molar-refractivity contribution < 1.29 is 14.0 Å². The maximum Gasteiger partial charge on any atom is 0.224 e. The fraction of sp³-hybridized carbons (Fsp3) is 0.467. The highest BCUT2D eigenvalue weighted by atomic mass is 19.1. The molecule has 1 unspecified atom stereocenters. The van der Waals surface area contributed by atoms with E-state index >= 15 is 0 Å². The van der Waals surface area contributed by atoms with E-state index in [1.807, 2.05) is 0 Å². The third-order valence-corrected chi connectivity index (χ3v) is 3.37. The molecule has 1 aromatic carbocycles. The highest BCUT2D eigenvalue weighted by Crippen LogP contribution is 2.09. The number of halogens is 1. The van der Waals surface area contributed by atoms with Crippen molar-refractivity contribution in [3.05, 3.63) is 35.6 Å². The Bertz CT molecular complexity index is 491. The molecule has 4 nitrogen and oxygen atoms in total. The molecule has 1 fully saturated rings. The van der Waals surface area contributed by atoms with Crippen molar-refractivity contribution in [2.75, 3.05) is 6.54 Å². The molecule has 0 bridgehead atoms. The fourth-order valence-electron chi connectivity index (χ4n) is 2.33. The average molecular weight is 278 g/mol. The first-order chi connectivity index (χ1) is 9.63. The summed E-state index contributed by atoms with van der Waals surface area (Å²) in [6.45, 7) is 0.430. The molecule has 5 heteroatoms. The van der Waals surface area contributed by atoms with E-state index in [2.05, 4.69) is 10.6 Å². The lowest BCUT2D eigenvalue weighted by Gasteiger charge is -2.16. The van der Waals surface area contributed by atoms with Gasteiger partial charge < -0.3 is 10.6 Å². The number of carbonyl (C=O) groups excluding carboxylic acids is 2. The van der Waals surface area contributed by atoms with Gasteiger partial charge in [-0.1, -0.05) is 18.6 Å². The number of amides is 2. The monoisotopic (exact) mass is 278 g/mol. The van der Waals surface area contributed by atoms with Crippen molar-refractivity contribution in [2.45, 2.75) is 38.1 Å². The number of rotatable bonds is 4. The van der Waals surface area contributed by atoms with Crippen molar-refractivity contribution in [3.8, 4) is 0 Å². The first kappa shape index (κ1) is 14.5. The molecule has 20 heavy (non-hydrogen) atoms. The molecule has 0 radical (unpaired) electrons. The van der Waals surface area contributed by atoms with Crippen LogP contribution in [0.15, 0.2) is 24.3 Å². The molecule has 108 valence electrons. The van der Waals surface area contributed by atoms with Crippen LogP contribution in [0, 0.1) is 5.82 Å². The average Bonchev–Trinajstić information content (AvgIpc) is 2.61. The molecule has 1 saturated heterocycles. The minimum absolute atomic E-state index is 0.00135. The quantitative estimate of drug-likeness (QED) is 0.878. The van der Waals surface area contributed by atoms with Gasteiger partial charge in [-0.2, -0.15) is 0 Å². The predicted molar refractivity (Wildman–Crippen MR) is 73.5 cm³/mol. The van der Waals surface area contributed by atoms with Gasteiger partial charge in [-0.25, -0.2) is 4.39 Å². The van der Waals surface area contributed by atoms with Gasteiger partial charge in [0.25, 0.3) is 0 Å². The molecule has 0 aromatic heterocycles. The number of carbonyl (C=O) groups is 2. The van der Waals surface area contributed by atoms with E-state index in [0.717, 1.165) is 19.3 Å². The van der Waals surface area contributed by atoms with Crippen molar-refractivity contribution in [2.24, 2.45) is 0 Å². The summed E-state index contributed by atoms with van der Waals surface area (Å²) >= 11 is 0. The summed E-state index contributed by atoms with van der Waals surface area (Å²) in [5.74, 6) is -0.452. The third-order valence-electron chi connectivity index (χ3n) is 3.37. The molecular formula is C15H19FN2O2. The largest absolute Gasteiger partial charge is 0.354 e. The number of nitrogens with one attached hydrogen (secondary N) is 2. The minimum Gasteiger partial charge on any atom is -0.354 e. The minimum atomic E-state index is -0.341. The van der Waals surface area contributed by atoms with Gasteiger partial charge in [0.05, 0.1) is 6.42 Å². The van der Waals surface area contributed by atoms with E-state index in [1.54, 1.807) is 12.1 Å². The Kier molecular flexibility index (Phi) is 5.09. The van der Waals surface area contributed by atoms with Gasteiger partial charge in [-0.15, -0.1) is 0 Å². The second-order valence-electron chi connectivity index (χ2n) is 5.12. The second kappa shape index (κ2) is 7.03. The first-order valence-corrected chi connectivity index (χ1v) is 6.94. The Morgan fingerprint density at radius 2 is 2.25 bits per heavy atom. The van der Waals surface area contributed by atoms with E-state index in [4.69, 9.17) is 0 Å². The maximum absolute atomic E-state index is 13.0. The molecule has 0 saturated carbocycles. The van der Waals surface area contributed by atoms with Crippen LogP contribution in [0.2, 0.25) is 0 Å². The van der Waals surface area contributed by atoms with Gasteiger partial charge in [0.2, 0.25) is 11.8 Å². The summed E-state index contributed by atoms with van der Waals surface area (Å²) < 4.78 is 13.0. The highest BCUT2D eigenvalue weighted by molar-refractivity contribution is 5.79. The predicted octanol–water partition coefficient (Wildman–Crippen LogP) is 1.54. The third kappa shape index (κ3) is 4.64. The Morgan fingerprint density at radius 1 is 1.40 bits per heavy atom. The molecular weight excluding hydrogens is 259 g/mol. The van der Waals surface area contributed by atoms with Crippen LogP contribution in [-0.2, 0) is 16.0 Å². The zero-order valence-corrected chi connectivity index (χ0v) is 11.3. The highest BCUT2D eigenvalue weighted by Gasteiger charge is 2.16. The Balaban J connectivity index is 1.78. The van der Waals surface area contributed by atoms with E-state index in [0.29, 0.717) is 18.5 Å². The van der Waals surface area contributed by atoms with Crippen LogP contribution in [0.1, 0.15) is 31.2 Å². The summed E-state index contributed by atoms with van der Waals surface area (Å²) in [5, 5.41) is 5.69. The molecule has 2 N–H and O–H groups in total. The lowest BCUT2D eigenvalue weighted by Crippen LogP contribution is -2.42. The molecule has 0 spiro atoms. The zero-order valence-electron chi connectivity index (χ0n) is 11.3. The van der Waals surface area contributed by atoms with Crippen molar-refractivity contribution >= 4 is 11.8 Å². The molecule has 1 aliphatic rings. The van der Waals surface area contributed by atoms with E-state index in [1.165, 1.54) is 12.1 Å². The molecule has 1 aromatic rings. The molecule has 1 atom stereocenters. The second-order valence-corrected chi connectivity index (χ2v) is 5.12. The molecule has 1 heterocycles.